The van der Waals surface area contributed by atoms with Gasteiger partial charge in [-0.05, 0) is 335 Å². The van der Waals surface area contributed by atoms with E-state index in [1.54, 1.807) is 30.8 Å². The fraction of sp³-hybridized carbons (Fsp3) is 0.586. The molecule has 0 spiro atoms. The number of nitrogens with one attached hydrogen (secondary N) is 1. The van der Waals surface area contributed by atoms with Gasteiger partial charge in [0.05, 0.1) is 44.3 Å². The van der Waals surface area contributed by atoms with E-state index in [0.717, 1.165) is 146 Å². The third kappa shape index (κ3) is 68.4. The Hall–Kier alpha value is -7.25. The lowest BCUT2D eigenvalue weighted by Crippen LogP contribution is -2.43. The summed E-state index contributed by atoms with van der Waals surface area (Å²) in [5.74, 6) is 5.59. The Morgan fingerprint density at radius 2 is 1.05 bits per heavy atom. The fourth-order valence-corrected chi connectivity index (χ4v) is 18.9. The Labute approximate surface area is 919 Å². The number of ether oxygens (including phenoxy) is 2. The van der Waals surface area contributed by atoms with Crippen LogP contribution in [0.15, 0.2) is 216 Å². The smallest absolute Gasteiger partial charge is 0.257 e. The molecule has 147 heavy (non-hydrogen) atoms. The van der Waals surface area contributed by atoms with E-state index in [2.05, 4.69) is 328 Å². The molecule has 10 aromatic rings. The fourth-order valence-electron chi connectivity index (χ4n) is 14.7. The van der Waals surface area contributed by atoms with Gasteiger partial charge in [0.25, 0.3) is 5.91 Å². The van der Waals surface area contributed by atoms with E-state index in [-0.39, 0.29) is 33.4 Å². The lowest BCUT2D eigenvalue weighted by atomic mass is 9.76. The molecule has 1 amide bonds. The number of halogens is 4. The zero-order valence-corrected chi connectivity index (χ0v) is 103. The predicted molar refractivity (Wildman–Crippen MR) is 635 cm³/mol. The first-order valence-corrected chi connectivity index (χ1v) is 58.4. The molecule has 19 heteroatoms. The van der Waals surface area contributed by atoms with Gasteiger partial charge in [-0.2, -0.15) is 11.8 Å². The number of piperidine rings is 1. The quantitative estimate of drug-likeness (QED) is 0.0652. The normalized spacial score (nSPS) is 13.9. The summed E-state index contributed by atoms with van der Waals surface area (Å²) < 4.78 is 57.6. The van der Waals surface area contributed by atoms with Crippen LogP contribution in [0.3, 0.4) is 0 Å². The molecule has 820 valence electrons. The molecule has 1 saturated heterocycles. The topological polar surface area (TPSA) is 150 Å². The Balaban J connectivity index is 0.000000417. The van der Waals surface area contributed by atoms with Crippen molar-refractivity contribution in [2.75, 3.05) is 45.2 Å². The first-order chi connectivity index (χ1) is 67.9. The molecular formula is C128H196Cl3FN6O6S3. The van der Waals surface area contributed by atoms with E-state index in [0.29, 0.717) is 60.8 Å². The Morgan fingerprint density at radius 3 is 1.52 bits per heavy atom. The van der Waals surface area contributed by atoms with Gasteiger partial charge >= 0.3 is 0 Å². The molecule has 12 nitrogen and oxygen atoms in total. The summed E-state index contributed by atoms with van der Waals surface area (Å²) in [6.45, 7) is 82.4. The molecule has 0 bridgehead atoms. The molecule has 2 fully saturated rings. The third-order valence-corrected chi connectivity index (χ3v) is 28.3. The van der Waals surface area contributed by atoms with Crippen molar-refractivity contribution >= 4 is 73.8 Å². The van der Waals surface area contributed by atoms with Gasteiger partial charge in [0, 0.05) is 73.9 Å². The summed E-state index contributed by atoms with van der Waals surface area (Å²) in [6, 6.07) is 55.1. The van der Waals surface area contributed by atoms with Gasteiger partial charge in [-0.25, -0.2) is 27.5 Å². The van der Waals surface area contributed by atoms with E-state index in [1.165, 1.54) is 137 Å². The highest BCUT2D eigenvalue weighted by atomic mass is 35.5. The molecule has 5 aromatic carbocycles. The molecule has 2 aliphatic carbocycles. The molecular weight excluding hydrogens is 1940 g/mol. The number of rotatable bonds is 23. The number of furan rings is 1. The van der Waals surface area contributed by atoms with Gasteiger partial charge in [-0.15, -0.1) is 11.3 Å². The number of likely N-dealkylation sites (tertiary alicyclic amines) is 1. The summed E-state index contributed by atoms with van der Waals surface area (Å²) in [5, 5.41) is 0.813. The molecule has 1 N–H and O–H groups in total. The Bertz CT molecular complexity index is 5250. The van der Waals surface area contributed by atoms with Crippen molar-refractivity contribution in [1.29, 1.82) is 0 Å². The van der Waals surface area contributed by atoms with Crippen LogP contribution in [0.1, 0.15) is 378 Å². The van der Waals surface area contributed by atoms with E-state index >= 15 is 0 Å². The highest BCUT2D eigenvalue weighted by Gasteiger charge is 2.33. The van der Waals surface area contributed by atoms with Crippen molar-refractivity contribution < 1.29 is 31.5 Å². The summed E-state index contributed by atoms with van der Waals surface area (Å²) in [4.78, 5) is 31.5. The van der Waals surface area contributed by atoms with Crippen LogP contribution < -0.4 is 9.46 Å². The minimum absolute atomic E-state index is 0.0979. The number of amides is 1. The van der Waals surface area contributed by atoms with Gasteiger partial charge in [0.2, 0.25) is 10.0 Å². The second-order valence-electron chi connectivity index (χ2n) is 52.7. The Morgan fingerprint density at radius 1 is 0.517 bits per heavy atom. The highest BCUT2D eigenvalue weighted by molar-refractivity contribution is 7.98. The lowest BCUT2D eigenvalue weighted by Gasteiger charge is -2.39. The van der Waals surface area contributed by atoms with E-state index in [1.807, 2.05) is 114 Å². The third-order valence-electron chi connectivity index (χ3n) is 23.6. The van der Waals surface area contributed by atoms with E-state index in [9.17, 15) is 17.6 Å². The van der Waals surface area contributed by atoms with Gasteiger partial charge in [-0.3, -0.25) is 14.8 Å². The molecule has 13 rings (SSSR count). The second-order valence-corrected chi connectivity index (χ2v) is 58.2. The average molecular weight is 2140 g/mol. The van der Waals surface area contributed by atoms with Crippen molar-refractivity contribution in [3.63, 3.8) is 0 Å². The van der Waals surface area contributed by atoms with Gasteiger partial charge in [0.1, 0.15) is 23.7 Å². The minimum Gasteiger partial charge on any atom is -0.493 e. The van der Waals surface area contributed by atoms with Crippen LogP contribution in [-0.4, -0.2) is 84.4 Å². The van der Waals surface area contributed by atoms with Crippen molar-refractivity contribution in [1.82, 2.24) is 29.6 Å². The zero-order chi connectivity index (χ0) is 111. The van der Waals surface area contributed by atoms with Crippen molar-refractivity contribution in [3.8, 4) is 5.75 Å². The van der Waals surface area contributed by atoms with Gasteiger partial charge in [0.15, 0.2) is 0 Å². The number of carbonyl (C=O) groups is 1. The first kappa shape index (κ1) is 134. The monoisotopic (exact) mass is 2130 g/mol. The van der Waals surface area contributed by atoms with Crippen LogP contribution in [0.2, 0.25) is 13.7 Å². The first-order valence-electron chi connectivity index (χ1n) is 53.8. The summed E-state index contributed by atoms with van der Waals surface area (Å²) in [6.07, 6.45) is 32.0. The summed E-state index contributed by atoms with van der Waals surface area (Å²) in [5.41, 5.74) is 16.9. The maximum absolute atomic E-state index is 12.6. The molecule has 1 saturated carbocycles. The minimum atomic E-state index is -3.37. The number of nitrogens with zero attached hydrogens (tertiary/aromatic N) is 5. The molecule has 3 aliphatic rings. The molecule has 1 aliphatic heterocycles. The zero-order valence-electron chi connectivity index (χ0n) is 97.8. The number of hydrogen-bond acceptors (Lipinski definition) is 12. The van der Waals surface area contributed by atoms with Crippen LogP contribution >= 0.6 is 57.9 Å². The molecule has 5 aromatic heterocycles. The van der Waals surface area contributed by atoms with Crippen LogP contribution in [0.5, 0.6) is 5.75 Å². The Kier molecular flexibility index (Phi) is 58.9. The largest absolute Gasteiger partial charge is 0.493 e. The van der Waals surface area contributed by atoms with Crippen LogP contribution in [0.25, 0.3) is 0 Å². The number of aryl methyl sites for hydroxylation is 7. The van der Waals surface area contributed by atoms with Crippen molar-refractivity contribution in [2.45, 2.75) is 380 Å². The van der Waals surface area contributed by atoms with E-state index < -0.39 is 10.0 Å². The standard InChI is InChI=1S/C16H25NO2S.C14H21NO2.C13H20O.C12H17F.C12H18.C11H15Cl.C11H18N2.C11H17NS.C11H17N.C9H18O.C8H10Cl2S/c1-16(2,3)10-11-17-20(18,19)15-9-8-13-6-4-5-7-14(13)12-15;1-14(2,3)12-5-4-7-15(9-12)13(16)11-6-8-17-10-11;1-5-11-6-8-12(9-7-11)14-10-13(2,3)4;1-12(2,3)9-8-10-4-6-11(13)7-5-10;1-10-7-5-6-8-11(10)9-12(2,3)4;1-11(2,3)8-9-4-6-10(12)7-5-9;1-11(2,3)7-4-6-10-12-8-5-9-13-10;1-11(2,3)9-13-8-10-6-4-5-7-12-10;1-11(2,3)8-7-10-6-4-5-9-12-10;1-9(2,3)7-10-6-8-4-5-8;1-8(2,3)5-4-6(9)11-7(5)10/h8-9,12,17H,4-7,10-11H2,1-3H3;6,8,10,12H,4-5,7,9H2,1-3H3;6-9H,5,10H2,1-4H3;4-7H,8-9H2,1-3H3;5-8H,9H2,1-4H3;4-7H,8H2,1-3H3;5,8-9H,4,6-7H2,1-3H3;4-7H,8-9H2,1-3H3;4-6,9H,7-8H2,1-3H3;8H,4-7H2,1-3H3;4H,1-3H3. The molecule has 6 heterocycles. The molecule has 0 radical (unpaired) electrons. The maximum Gasteiger partial charge on any atom is 0.257 e. The van der Waals surface area contributed by atoms with Gasteiger partial charge in [-0.1, -0.05) is 349 Å². The number of pyridine rings is 2. The van der Waals surface area contributed by atoms with Gasteiger partial charge < -0.3 is 18.8 Å². The number of carbonyl (C=O) groups excluding carboxylic acids is 1. The number of thioether (sulfide) groups is 1. The van der Waals surface area contributed by atoms with Crippen molar-refractivity contribution in [3.05, 3.63) is 294 Å². The maximum atomic E-state index is 12.6. The summed E-state index contributed by atoms with van der Waals surface area (Å²) >= 11 is 20.9. The number of benzene rings is 5. The number of hydrogen-bond donors (Lipinski definition) is 1. The SMILES string of the molecule is CC(C)(C)C1CCCN(C(=O)c2ccoc2)C1.CC(C)(C)CCCc1ncccn1.CC(C)(C)CCNS(=O)(=O)c1ccc2c(c1)CCCC2.CC(C)(C)CCc1ccc(F)cc1.CC(C)(C)CCc1ccccn1.CC(C)(C)COCC1CC1.CC(C)(C)CSCc1ccccn1.CC(C)(C)Cc1ccc(Cl)cc1.CC(C)(C)c1cc(Cl)sc1Cl.CCc1ccc(OCC(C)(C)C)cc1.Cc1ccccc1CC(C)(C)C. The summed E-state index contributed by atoms with van der Waals surface area (Å²) in [7, 11) is -3.37. The number of aromatic nitrogens is 4. The number of sulfonamides is 1. The van der Waals surface area contributed by atoms with E-state index in [4.69, 9.17) is 48.7 Å². The van der Waals surface area contributed by atoms with Crippen molar-refractivity contribution in [2.24, 2.45) is 66.0 Å². The van der Waals surface area contributed by atoms with Crippen LogP contribution in [-0.2, 0) is 77.3 Å². The van der Waals surface area contributed by atoms with Crippen LogP contribution in [0, 0.1) is 78.7 Å². The average Bonchev–Trinajstić information content (AvgIpc) is 1.81. The second kappa shape index (κ2) is 64.7. The number of thiophene rings is 1. The lowest BCUT2D eigenvalue weighted by molar-refractivity contribution is 0.0562. The highest BCUT2D eigenvalue weighted by Crippen LogP contribution is 2.40. The molecule has 1 atom stereocenters. The predicted octanol–water partition coefficient (Wildman–Crippen LogP) is 37.5. The number of fused-ring (bicyclic) bond motifs is 1. The molecule has 1 unspecified atom stereocenters. The van der Waals surface area contributed by atoms with Crippen LogP contribution in [0.4, 0.5) is 4.39 Å².